The van der Waals surface area contributed by atoms with Crippen molar-refractivity contribution in [1.82, 2.24) is 4.90 Å². The molecule has 0 aromatic carbocycles. The fraction of sp³-hybridized carbons (Fsp3) is 1.00. The molecule has 120 valence electrons. The van der Waals surface area contributed by atoms with Gasteiger partial charge < -0.3 is 4.74 Å². The Morgan fingerprint density at radius 1 is 1.05 bits per heavy atom. The van der Waals surface area contributed by atoms with Crippen LogP contribution in [0.1, 0.15) is 85.0 Å². The number of methoxy groups -OCH3 is 1. The first-order valence-electron chi connectivity index (χ1n) is 8.93. The highest BCUT2D eigenvalue weighted by Gasteiger charge is 2.38. The van der Waals surface area contributed by atoms with Crippen LogP contribution < -0.4 is 0 Å². The Morgan fingerprint density at radius 3 is 2.40 bits per heavy atom. The van der Waals surface area contributed by atoms with E-state index in [1.807, 2.05) is 7.11 Å². The smallest absolute Gasteiger partial charge is 0.0618 e. The van der Waals surface area contributed by atoms with E-state index in [0.717, 1.165) is 6.61 Å². The second kappa shape index (κ2) is 9.78. The zero-order valence-corrected chi connectivity index (χ0v) is 14.4. The van der Waals surface area contributed by atoms with Crippen molar-refractivity contribution in [1.29, 1.82) is 0 Å². The van der Waals surface area contributed by atoms with E-state index < -0.39 is 0 Å². The lowest BCUT2D eigenvalue weighted by atomic mass is 9.86. The molecule has 0 aliphatic carbocycles. The Kier molecular flexibility index (Phi) is 8.79. The Bertz CT molecular complexity index is 244. The van der Waals surface area contributed by atoms with Crippen LogP contribution >= 0.6 is 0 Å². The molecular formula is C18H37NO. The molecule has 1 saturated heterocycles. The topological polar surface area (TPSA) is 12.5 Å². The number of hydrogen-bond donors (Lipinski definition) is 0. The number of likely N-dealkylation sites (tertiary alicyclic amines) is 1. The minimum atomic E-state index is 0.406. The van der Waals surface area contributed by atoms with Gasteiger partial charge in [0.2, 0.25) is 0 Å². The average Bonchev–Trinajstić information content (AvgIpc) is 2.91. The number of unbranched alkanes of at least 4 members (excludes halogenated alkanes) is 4. The summed E-state index contributed by atoms with van der Waals surface area (Å²) >= 11 is 0. The number of ether oxygens (including phenoxy) is 1. The van der Waals surface area contributed by atoms with Crippen molar-refractivity contribution in [2.24, 2.45) is 0 Å². The molecular weight excluding hydrogens is 246 g/mol. The molecule has 2 atom stereocenters. The lowest BCUT2D eigenvalue weighted by Gasteiger charge is -2.43. The zero-order valence-electron chi connectivity index (χ0n) is 14.4. The van der Waals surface area contributed by atoms with Crippen LogP contribution in [0.15, 0.2) is 0 Å². The van der Waals surface area contributed by atoms with Crippen LogP contribution in [-0.2, 0) is 4.74 Å². The highest BCUT2D eigenvalue weighted by molar-refractivity contribution is 4.93. The van der Waals surface area contributed by atoms with Crippen LogP contribution in [0.5, 0.6) is 0 Å². The lowest BCUT2D eigenvalue weighted by Crippen LogP contribution is -2.50. The first-order chi connectivity index (χ1) is 9.68. The maximum Gasteiger partial charge on any atom is 0.0618 e. The maximum atomic E-state index is 5.46. The molecule has 0 N–H and O–H groups in total. The molecule has 1 unspecified atom stereocenters. The highest BCUT2D eigenvalue weighted by Crippen LogP contribution is 2.35. The largest absolute Gasteiger partial charge is 0.383 e. The van der Waals surface area contributed by atoms with Gasteiger partial charge in [0.1, 0.15) is 0 Å². The summed E-state index contributed by atoms with van der Waals surface area (Å²) in [6.07, 6.45) is 13.6. The first kappa shape index (κ1) is 18.0. The minimum Gasteiger partial charge on any atom is -0.383 e. The van der Waals surface area contributed by atoms with E-state index in [1.165, 1.54) is 70.8 Å². The summed E-state index contributed by atoms with van der Waals surface area (Å²) < 4.78 is 5.46. The zero-order chi connectivity index (χ0) is 14.8. The maximum absolute atomic E-state index is 5.46. The van der Waals surface area contributed by atoms with Crippen molar-refractivity contribution >= 4 is 0 Å². The van der Waals surface area contributed by atoms with Gasteiger partial charge in [-0.25, -0.2) is 0 Å². The molecule has 1 rings (SSSR count). The SMILES string of the molecule is CCCCCCC(C)(CCCC)N1CCC[C@H]1COC. The van der Waals surface area contributed by atoms with Crippen LogP contribution in [0, 0.1) is 0 Å². The van der Waals surface area contributed by atoms with E-state index in [2.05, 4.69) is 25.7 Å². The van der Waals surface area contributed by atoms with Gasteiger partial charge in [-0.3, -0.25) is 4.90 Å². The standard InChI is InChI=1S/C18H37NO/c1-5-7-9-10-14-18(3,13-8-6-2)19-15-11-12-17(19)16-20-4/h17H,5-16H2,1-4H3/t17-,18?/m0/s1. The van der Waals surface area contributed by atoms with Crippen LogP contribution in [0.25, 0.3) is 0 Å². The van der Waals surface area contributed by atoms with Gasteiger partial charge in [0.15, 0.2) is 0 Å². The molecule has 0 saturated carbocycles. The molecule has 0 amide bonds. The van der Waals surface area contributed by atoms with Crippen molar-refractivity contribution in [2.75, 3.05) is 20.3 Å². The molecule has 2 nitrogen and oxygen atoms in total. The van der Waals surface area contributed by atoms with Gasteiger partial charge in [-0.2, -0.15) is 0 Å². The van der Waals surface area contributed by atoms with Crippen molar-refractivity contribution in [3.8, 4) is 0 Å². The highest BCUT2D eigenvalue weighted by atomic mass is 16.5. The third-order valence-electron chi connectivity index (χ3n) is 5.07. The minimum absolute atomic E-state index is 0.406. The van der Waals surface area contributed by atoms with Gasteiger partial charge in [-0.15, -0.1) is 0 Å². The predicted molar refractivity (Wildman–Crippen MR) is 88.3 cm³/mol. The summed E-state index contributed by atoms with van der Waals surface area (Å²) in [6, 6.07) is 0.660. The molecule has 1 fully saturated rings. The molecule has 20 heavy (non-hydrogen) atoms. The average molecular weight is 283 g/mol. The van der Waals surface area contributed by atoms with Crippen LogP contribution in [0.3, 0.4) is 0 Å². The molecule has 1 aliphatic heterocycles. The fourth-order valence-electron chi connectivity index (χ4n) is 3.81. The summed E-state index contributed by atoms with van der Waals surface area (Å²) in [5.41, 5.74) is 0.406. The third-order valence-corrected chi connectivity index (χ3v) is 5.07. The monoisotopic (exact) mass is 283 g/mol. The van der Waals surface area contributed by atoms with Gasteiger partial charge >= 0.3 is 0 Å². The molecule has 1 heterocycles. The summed E-state index contributed by atoms with van der Waals surface area (Å²) in [7, 11) is 1.85. The van der Waals surface area contributed by atoms with E-state index in [4.69, 9.17) is 4.74 Å². The van der Waals surface area contributed by atoms with Crippen molar-refractivity contribution < 1.29 is 4.74 Å². The number of hydrogen-bond acceptors (Lipinski definition) is 2. The predicted octanol–water partition coefficient (Wildman–Crippen LogP) is 5.02. The summed E-state index contributed by atoms with van der Waals surface area (Å²) in [5, 5.41) is 0. The quantitative estimate of drug-likeness (QED) is 0.494. The summed E-state index contributed by atoms with van der Waals surface area (Å²) in [4.78, 5) is 2.79. The molecule has 0 radical (unpaired) electrons. The van der Waals surface area contributed by atoms with Crippen LogP contribution in [0.2, 0.25) is 0 Å². The molecule has 1 aliphatic rings. The normalized spacial score (nSPS) is 23.1. The number of rotatable bonds is 11. The molecule has 0 bridgehead atoms. The lowest BCUT2D eigenvalue weighted by molar-refractivity contribution is 0.0289. The Balaban J connectivity index is 2.59. The number of nitrogens with zero attached hydrogens (tertiary/aromatic N) is 1. The third kappa shape index (κ3) is 5.37. The fourth-order valence-corrected chi connectivity index (χ4v) is 3.81. The van der Waals surface area contributed by atoms with E-state index in [0.29, 0.717) is 11.6 Å². The first-order valence-corrected chi connectivity index (χ1v) is 8.93. The van der Waals surface area contributed by atoms with E-state index in [-0.39, 0.29) is 0 Å². The van der Waals surface area contributed by atoms with Gasteiger partial charge in [-0.05, 0) is 39.2 Å². The van der Waals surface area contributed by atoms with E-state index in [9.17, 15) is 0 Å². The molecule has 0 spiro atoms. The van der Waals surface area contributed by atoms with Crippen molar-refractivity contribution in [3.63, 3.8) is 0 Å². The van der Waals surface area contributed by atoms with Gasteiger partial charge in [0.05, 0.1) is 6.61 Å². The Morgan fingerprint density at radius 2 is 1.75 bits per heavy atom. The van der Waals surface area contributed by atoms with Gasteiger partial charge in [0, 0.05) is 18.7 Å². The van der Waals surface area contributed by atoms with E-state index in [1.54, 1.807) is 0 Å². The summed E-state index contributed by atoms with van der Waals surface area (Å²) in [5.74, 6) is 0. The molecule has 0 aromatic heterocycles. The second-order valence-electron chi connectivity index (χ2n) is 6.86. The van der Waals surface area contributed by atoms with Crippen LogP contribution in [-0.4, -0.2) is 36.7 Å². The summed E-state index contributed by atoms with van der Waals surface area (Å²) in [6.45, 7) is 9.32. The van der Waals surface area contributed by atoms with Crippen LogP contribution in [0.4, 0.5) is 0 Å². The molecule has 0 aromatic rings. The van der Waals surface area contributed by atoms with Gasteiger partial charge in [-0.1, -0.05) is 52.4 Å². The van der Waals surface area contributed by atoms with E-state index >= 15 is 0 Å². The molecule has 2 heteroatoms. The van der Waals surface area contributed by atoms with Crippen molar-refractivity contribution in [2.45, 2.75) is 96.6 Å². The Hall–Kier alpha value is -0.0800. The second-order valence-corrected chi connectivity index (χ2v) is 6.86. The van der Waals surface area contributed by atoms with Gasteiger partial charge in [0.25, 0.3) is 0 Å². The van der Waals surface area contributed by atoms with Crippen molar-refractivity contribution in [3.05, 3.63) is 0 Å². The Labute approximate surface area is 127 Å².